The monoisotopic (exact) mass is 318 g/mol. The average Bonchev–Trinajstić information content (AvgIpc) is 2.98. The van der Waals surface area contributed by atoms with Gasteiger partial charge in [-0.15, -0.1) is 0 Å². The van der Waals surface area contributed by atoms with E-state index in [2.05, 4.69) is 0 Å². The summed E-state index contributed by atoms with van der Waals surface area (Å²) >= 11 is 0. The lowest BCUT2D eigenvalue weighted by Gasteiger charge is -2.24. The van der Waals surface area contributed by atoms with Gasteiger partial charge < -0.3 is 9.80 Å². The van der Waals surface area contributed by atoms with Gasteiger partial charge in [-0.2, -0.15) is 0 Å². The van der Waals surface area contributed by atoms with E-state index in [1.807, 2.05) is 4.90 Å². The zero-order valence-electron chi connectivity index (χ0n) is 13.3. The van der Waals surface area contributed by atoms with Gasteiger partial charge in [0.2, 0.25) is 5.91 Å². The molecule has 0 aromatic heterocycles. The predicted octanol–water partition coefficient (Wildman–Crippen LogP) is 2.69. The van der Waals surface area contributed by atoms with Crippen molar-refractivity contribution in [3.63, 3.8) is 0 Å². The van der Waals surface area contributed by atoms with E-state index in [1.165, 1.54) is 12.1 Å². The number of halogens is 1. The Morgan fingerprint density at radius 2 is 1.57 bits per heavy atom. The fraction of sp³-hybridized carbons (Fsp3) is 0.556. The maximum Gasteiger partial charge on any atom is 0.256 e. The second-order valence-electron chi connectivity index (χ2n) is 6.43. The molecule has 0 N–H and O–H groups in total. The highest BCUT2D eigenvalue weighted by Crippen LogP contribution is 2.27. The van der Waals surface area contributed by atoms with Crippen molar-refractivity contribution >= 4 is 11.8 Å². The number of hydrogen-bond donors (Lipinski definition) is 0. The first-order valence-electron chi connectivity index (χ1n) is 8.49. The molecule has 1 aliphatic carbocycles. The van der Waals surface area contributed by atoms with E-state index in [0.29, 0.717) is 26.2 Å². The molecule has 4 nitrogen and oxygen atoms in total. The highest BCUT2D eigenvalue weighted by atomic mass is 19.1. The van der Waals surface area contributed by atoms with Crippen molar-refractivity contribution in [1.82, 2.24) is 9.80 Å². The lowest BCUT2D eigenvalue weighted by Crippen LogP contribution is -2.39. The zero-order chi connectivity index (χ0) is 16.2. The number of carbonyl (C=O) groups is 2. The molecule has 1 aromatic rings. The Kier molecular flexibility index (Phi) is 4.94. The quantitative estimate of drug-likeness (QED) is 0.841. The van der Waals surface area contributed by atoms with Gasteiger partial charge >= 0.3 is 0 Å². The number of benzene rings is 1. The zero-order valence-corrected chi connectivity index (χ0v) is 13.3. The molecule has 1 saturated carbocycles. The maximum atomic E-state index is 13.8. The summed E-state index contributed by atoms with van der Waals surface area (Å²) in [7, 11) is 0. The average molecular weight is 318 g/mol. The Morgan fingerprint density at radius 3 is 2.30 bits per heavy atom. The molecule has 0 unspecified atom stereocenters. The third kappa shape index (κ3) is 3.54. The lowest BCUT2D eigenvalue weighted by molar-refractivity contribution is -0.135. The van der Waals surface area contributed by atoms with Crippen LogP contribution in [0.1, 0.15) is 42.5 Å². The molecule has 0 spiro atoms. The molecule has 23 heavy (non-hydrogen) atoms. The first-order valence-corrected chi connectivity index (χ1v) is 8.49. The fourth-order valence-electron chi connectivity index (χ4n) is 3.58. The topological polar surface area (TPSA) is 40.6 Å². The number of rotatable bonds is 2. The van der Waals surface area contributed by atoms with Gasteiger partial charge in [-0.3, -0.25) is 9.59 Å². The molecule has 0 radical (unpaired) electrons. The highest BCUT2D eigenvalue weighted by molar-refractivity contribution is 5.94. The molecule has 1 saturated heterocycles. The van der Waals surface area contributed by atoms with Gasteiger partial charge in [-0.05, 0) is 31.4 Å². The molecule has 2 aliphatic rings. The molecular formula is C18H23FN2O2. The fourth-order valence-corrected chi connectivity index (χ4v) is 3.58. The molecule has 124 valence electrons. The number of nitrogens with zero attached hydrogens (tertiary/aromatic N) is 2. The second kappa shape index (κ2) is 7.11. The third-order valence-electron chi connectivity index (χ3n) is 4.90. The minimum absolute atomic E-state index is 0.114. The van der Waals surface area contributed by atoms with Crippen LogP contribution in [-0.4, -0.2) is 47.8 Å². The molecule has 3 rings (SSSR count). The van der Waals surface area contributed by atoms with E-state index in [-0.39, 0.29) is 23.3 Å². The van der Waals surface area contributed by atoms with Crippen LogP contribution in [0.25, 0.3) is 0 Å². The summed E-state index contributed by atoms with van der Waals surface area (Å²) < 4.78 is 13.8. The number of carbonyl (C=O) groups excluding carboxylic acids is 2. The summed E-state index contributed by atoms with van der Waals surface area (Å²) in [5.74, 6) is -0.356. The minimum atomic E-state index is -0.486. The Labute approximate surface area is 136 Å². The van der Waals surface area contributed by atoms with Crippen molar-refractivity contribution in [2.75, 3.05) is 26.2 Å². The minimum Gasteiger partial charge on any atom is -0.341 e. The molecule has 0 atom stereocenters. The highest BCUT2D eigenvalue weighted by Gasteiger charge is 2.29. The Hall–Kier alpha value is -1.91. The van der Waals surface area contributed by atoms with Gasteiger partial charge in [-0.1, -0.05) is 25.0 Å². The van der Waals surface area contributed by atoms with Crippen molar-refractivity contribution in [1.29, 1.82) is 0 Å². The molecule has 2 amide bonds. The van der Waals surface area contributed by atoms with Crippen LogP contribution in [0.5, 0.6) is 0 Å². The van der Waals surface area contributed by atoms with Crippen molar-refractivity contribution in [2.45, 2.75) is 32.1 Å². The van der Waals surface area contributed by atoms with Crippen LogP contribution >= 0.6 is 0 Å². The van der Waals surface area contributed by atoms with E-state index >= 15 is 0 Å². The number of hydrogen-bond acceptors (Lipinski definition) is 2. The standard InChI is InChI=1S/C18H23FN2O2/c19-16-9-4-3-8-15(16)18(23)21-11-5-10-20(12-13-21)17(22)14-6-1-2-7-14/h3-4,8-9,14H,1-2,5-7,10-13H2. The van der Waals surface area contributed by atoms with E-state index in [0.717, 1.165) is 32.1 Å². The SMILES string of the molecule is O=C(c1ccccc1F)N1CCCN(C(=O)C2CCCC2)CC1. The molecule has 5 heteroatoms. The van der Waals surface area contributed by atoms with E-state index in [4.69, 9.17) is 0 Å². The molecule has 1 aliphatic heterocycles. The maximum absolute atomic E-state index is 13.8. The van der Waals surface area contributed by atoms with Gasteiger partial charge in [-0.25, -0.2) is 4.39 Å². The van der Waals surface area contributed by atoms with Gasteiger partial charge in [0, 0.05) is 32.1 Å². The van der Waals surface area contributed by atoms with Gasteiger partial charge in [0.15, 0.2) is 0 Å². The van der Waals surface area contributed by atoms with Gasteiger partial charge in [0.25, 0.3) is 5.91 Å². The largest absolute Gasteiger partial charge is 0.341 e. The van der Waals surface area contributed by atoms with Crippen LogP contribution in [0.2, 0.25) is 0 Å². The van der Waals surface area contributed by atoms with Gasteiger partial charge in [0.05, 0.1) is 5.56 Å². The summed E-state index contributed by atoms with van der Waals surface area (Å²) in [5.41, 5.74) is 0.114. The lowest BCUT2D eigenvalue weighted by atomic mass is 10.1. The molecule has 1 heterocycles. The van der Waals surface area contributed by atoms with Crippen LogP contribution < -0.4 is 0 Å². The van der Waals surface area contributed by atoms with Crippen molar-refractivity contribution < 1.29 is 14.0 Å². The summed E-state index contributed by atoms with van der Waals surface area (Å²) in [5, 5.41) is 0. The van der Waals surface area contributed by atoms with Crippen LogP contribution in [0.15, 0.2) is 24.3 Å². The van der Waals surface area contributed by atoms with E-state index < -0.39 is 5.82 Å². The molecule has 1 aromatic carbocycles. The Bertz CT molecular complexity index is 584. The number of amides is 2. The molecular weight excluding hydrogens is 295 g/mol. The van der Waals surface area contributed by atoms with Crippen molar-refractivity contribution in [2.24, 2.45) is 5.92 Å². The normalized spacial score (nSPS) is 19.7. The summed E-state index contributed by atoms with van der Waals surface area (Å²) in [6, 6.07) is 6.07. The predicted molar refractivity (Wildman–Crippen MR) is 85.5 cm³/mol. The Morgan fingerprint density at radius 1 is 0.913 bits per heavy atom. The van der Waals surface area contributed by atoms with Crippen molar-refractivity contribution in [3.8, 4) is 0 Å². The molecule has 0 bridgehead atoms. The first kappa shape index (κ1) is 16.0. The second-order valence-corrected chi connectivity index (χ2v) is 6.43. The van der Waals surface area contributed by atoms with E-state index in [1.54, 1.807) is 17.0 Å². The Balaban J connectivity index is 1.63. The summed E-state index contributed by atoms with van der Waals surface area (Å²) in [6.45, 7) is 2.29. The summed E-state index contributed by atoms with van der Waals surface area (Å²) in [6.07, 6.45) is 5.02. The van der Waals surface area contributed by atoms with E-state index in [9.17, 15) is 14.0 Å². The third-order valence-corrected chi connectivity index (χ3v) is 4.90. The van der Waals surface area contributed by atoms with Crippen LogP contribution in [0.3, 0.4) is 0 Å². The smallest absolute Gasteiger partial charge is 0.256 e. The van der Waals surface area contributed by atoms with Crippen LogP contribution in [0.4, 0.5) is 4.39 Å². The van der Waals surface area contributed by atoms with Crippen LogP contribution in [0, 0.1) is 11.7 Å². The van der Waals surface area contributed by atoms with Crippen molar-refractivity contribution in [3.05, 3.63) is 35.6 Å². The van der Waals surface area contributed by atoms with Crippen LogP contribution in [-0.2, 0) is 4.79 Å². The molecule has 2 fully saturated rings. The first-order chi connectivity index (χ1) is 11.2. The van der Waals surface area contributed by atoms with Gasteiger partial charge in [0.1, 0.15) is 5.82 Å². The summed E-state index contributed by atoms with van der Waals surface area (Å²) in [4.78, 5) is 28.6.